The molecule has 0 radical (unpaired) electrons. The Morgan fingerprint density at radius 3 is 2.48 bits per heavy atom. The molecule has 0 saturated carbocycles. The Morgan fingerprint density at radius 1 is 1.19 bits per heavy atom. The smallest absolute Gasteiger partial charge is 0.223 e. The number of nitrogens with one attached hydrogen (secondary N) is 1. The molecule has 0 saturated heterocycles. The third-order valence-corrected chi connectivity index (χ3v) is 3.71. The van der Waals surface area contributed by atoms with Gasteiger partial charge in [0.05, 0.1) is 12.1 Å². The fourth-order valence-corrected chi connectivity index (χ4v) is 2.72. The molecule has 0 fully saturated rings. The van der Waals surface area contributed by atoms with Gasteiger partial charge >= 0.3 is 0 Å². The molecule has 0 spiro atoms. The SMILES string of the molecule is CC(=O)Nc1nc(CCc2ccc(CC(N)=O)cc2)cs1. The monoisotopic (exact) mass is 303 g/mol. The van der Waals surface area contributed by atoms with Crippen molar-refractivity contribution in [1.29, 1.82) is 0 Å². The van der Waals surface area contributed by atoms with E-state index in [1.165, 1.54) is 23.8 Å². The lowest BCUT2D eigenvalue weighted by molar-refractivity contribution is -0.117. The molecule has 2 rings (SSSR count). The molecule has 0 unspecified atom stereocenters. The van der Waals surface area contributed by atoms with E-state index in [-0.39, 0.29) is 18.2 Å². The average molecular weight is 303 g/mol. The van der Waals surface area contributed by atoms with Crippen molar-refractivity contribution >= 4 is 28.3 Å². The molecule has 1 aromatic carbocycles. The molecular weight excluding hydrogens is 286 g/mol. The van der Waals surface area contributed by atoms with Gasteiger partial charge in [-0.3, -0.25) is 9.59 Å². The van der Waals surface area contributed by atoms with Crippen LogP contribution in [0.3, 0.4) is 0 Å². The maximum absolute atomic E-state index is 10.9. The van der Waals surface area contributed by atoms with Crippen LogP contribution in [0.5, 0.6) is 0 Å². The van der Waals surface area contributed by atoms with Crippen LogP contribution in [0.2, 0.25) is 0 Å². The Balaban J connectivity index is 1.89. The first-order valence-electron chi connectivity index (χ1n) is 6.61. The van der Waals surface area contributed by atoms with Gasteiger partial charge in [0.2, 0.25) is 11.8 Å². The fourth-order valence-electron chi connectivity index (χ4n) is 1.93. The number of hydrogen-bond donors (Lipinski definition) is 2. The van der Waals surface area contributed by atoms with Gasteiger partial charge in [0.25, 0.3) is 0 Å². The Bertz CT molecular complexity index is 635. The zero-order valence-corrected chi connectivity index (χ0v) is 12.6. The van der Waals surface area contributed by atoms with Gasteiger partial charge in [0.1, 0.15) is 0 Å². The first-order valence-corrected chi connectivity index (χ1v) is 7.49. The molecule has 0 atom stereocenters. The number of anilines is 1. The van der Waals surface area contributed by atoms with Gasteiger partial charge in [-0.15, -0.1) is 11.3 Å². The molecule has 0 bridgehead atoms. The van der Waals surface area contributed by atoms with Crippen LogP contribution in [-0.2, 0) is 28.9 Å². The first kappa shape index (κ1) is 15.2. The van der Waals surface area contributed by atoms with Crippen LogP contribution in [0.4, 0.5) is 5.13 Å². The zero-order valence-electron chi connectivity index (χ0n) is 11.8. The quantitative estimate of drug-likeness (QED) is 0.855. The number of carbonyl (C=O) groups excluding carboxylic acids is 2. The number of thiazole rings is 1. The van der Waals surface area contributed by atoms with Gasteiger partial charge in [-0.1, -0.05) is 24.3 Å². The number of aromatic nitrogens is 1. The van der Waals surface area contributed by atoms with Crippen molar-refractivity contribution in [2.45, 2.75) is 26.2 Å². The normalized spacial score (nSPS) is 10.3. The van der Waals surface area contributed by atoms with Crippen molar-refractivity contribution < 1.29 is 9.59 Å². The van der Waals surface area contributed by atoms with Gasteiger partial charge in [-0.2, -0.15) is 0 Å². The lowest BCUT2D eigenvalue weighted by Gasteiger charge is -2.02. The molecule has 1 heterocycles. The van der Waals surface area contributed by atoms with E-state index in [1.807, 2.05) is 29.6 Å². The lowest BCUT2D eigenvalue weighted by atomic mass is 10.0. The van der Waals surface area contributed by atoms with Crippen LogP contribution < -0.4 is 11.1 Å². The second kappa shape index (κ2) is 6.99. The first-order chi connectivity index (χ1) is 10.0. The Labute approximate surface area is 127 Å². The van der Waals surface area contributed by atoms with Gasteiger partial charge in [0.15, 0.2) is 5.13 Å². The van der Waals surface area contributed by atoms with Gasteiger partial charge in [-0.05, 0) is 24.0 Å². The summed E-state index contributed by atoms with van der Waals surface area (Å²) in [6.07, 6.45) is 1.94. The Hall–Kier alpha value is -2.21. The zero-order chi connectivity index (χ0) is 15.2. The molecule has 110 valence electrons. The van der Waals surface area contributed by atoms with E-state index in [4.69, 9.17) is 5.73 Å². The number of nitrogens with two attached hydrogens (primary N) is 1. The standard InChI is InChI=1S/C15H17N3O2S/c1-10(19)17-15-18-13(9-21-15)7-6-11-2-4-12(5-3-11)8-14(16)20/h2-5,9H,6-8H2,1H3,(H2,16,20)(H,17,18,19). The highest BCUT2D eigenvalue weighted by Gasteiger charge is 2.04. The number of benzene rings is 1. The van der Waals surface area contributed by atoms with Crippen LogP contribution in [0.25, 0.3) is 0 Å². The van der Waals surface area contributed by atoms with Crippen LogP contribution in [0, 0.1) is 0 Å². The third kappa shape index (κ3) is 5.00. The van der Waals surface area contributed by atoms with Crippen LogP contribution in [0.15, 0.2) is 29.6 Å². The van der Waals surface area contributed by atoms with E-state index < -0.39 is 0 Å². The van der Waals surface area contributed by atoms with Crippen molar-refractivity contribution in [2.24, 2.45) is 5.73 Å². The highest BCUT2D eigenvalue weighted by molar-refractivity contribution is 7.13. The topological polar surface area (TPSA) is 85.1 Å². The predicted molar refractivity (Wildman–Crippen MR) is 83.2 cm³/mol. The fraction of sp³-hybridized carbons (Fsp3) is 0.267. The second-order valence-corrected chi connectivity index (χ2v) is 5.64. The molecule has 5 nitrogen and oxygen atoms in total. The minimum absolute atomic E-state index is 0.110. The molecule has 21 heavy (non-hydrogen) atoms. The van der Waals surface area contributed by atoms with Crippen molar-refractivity contribution in [3.05, 3.63) is 46.5 Å². The number of carbonyl (C=O) groups is 2. The van der Waals surface area contributed by atoms with E-state index in [9.17, 15) is 9.59 Å². The van der Waals surface area contributed by atoms with E-state index >= 15 is 0 Å². The molecule has 0 aliphatic carbocycles. The lowest BCUT2D eigenvalue weighted by Crippen LogP contribution is -2.13. The third-order valence-electron chi connectivity index (χ3n) is 2.91. The summed E-state index contributed by atoms with van der Waals surface area (Å²) in [7, 11) is 0. The van der Waals surface area contributed by atoms with Crippen molar-refractivity contribution in [1.82, 2.24) is 4.98 Å². The summed E-state index contributed by atoms with van der Waals surface area (Å²) >= 11 is 1.43. The maximum atomic E-state index is 10.9. The average Bonchev–Trinajstić information content (AvgIpc) is 2.84. The van der Waals surface area contributed by atoms with Crippen LogP contribution in [-0.4, -0.2) is 16.8 Å². The summed E-state index contributed by atoms with van der Waals surface area (Å²) in [4.78, 5) is 26.1. The van der Waals surface area contributed by atoms with E-state index in [0.717, 1.165) is 24.1 Å². The summed E-state index contributed by atoms with van der Waals surface area (Å²) in [5, 5.41) is 5.26. The van der Waals surface area contributed by atoms with Gasteiger partial charge < -0.3 is 11.1 Å². The van der Waals surface area contributed by atoms with Crippen molar-refractivity contribution in [3.63, 3.8) is 0 Å². The van der Waals surface area contributed by atoms with E-state index in [1.54, 1.807) is 0 Å². The van der Waals surface area contributed by atoms with Gasteiger partial charge in [-0.25, -0.2) is 4.98 Å². The summed E-state index contributed by atoms with van der Waals surface area (Å²) < 4.78 is 0. The van der Waals surface area contributed by atoms with Crippen LogP contribution >= 0.6 is 11.3 Å². The van der Waals surface area contributed by atoms with Gasteiger partial charge in [0, 0.05) is 12.3 Å². The van der Waals surface area contributed by atoms with Crippen molar-refractivity contribution in [2.75, 3.05) is 5.32 Å². The number of primary amides is 1. The Morgan fingerprint density at radius 2 is 1.86 bits per heavy atom. The molecule has 3 N–H and O–H groups in total. The predicted octanol–water partition coefficient (Wildman–Crippen LogP) is 1.91. The summed E-state index contributed by atoms with van der Waals surface area (Å²) in [5.41, 5.74) is 8.22. The number of aryl methyl sites for hydroxylation is 2. The minimum Gasteiger partial charge on any atom is -0.369 e. The number of hydrogen-bond acceptors (Lipinski definition) is 4. The molecule has 0 aliphatic heterocycles. The maximum Gasteiger partial charge on any atom is 0.223 e. The summed E-state index contributed by atoms with van der Waals surface area (Å²) in [6.45, 7) is 1.47. The molecule has 2 amide bonds. The van der Waals surface area contributed by atoms with Crippen LogP contribution in [0.1, 0.15) is 23.7 Å². The second-order valence-electron chi connectivity index (χ2n) is 4.78. The number of amides is 2. The molecule has 1 aromatic heterocycles. The molecule has 6 heteroatoms. The Kier molecular flexibility index (Phi) is 5.05. The molecule has 2 aromatic rings. The number of rotatable bonds is 6. The highest BCUT2D eigenvalue weighted by atomic mass is 32.1. The highest BCUT2D eigenvalue weighted by Crippen LogP contribution is 2.17. The van der Waals surface area contributed by atoms with Crippen molar-refractivity contribution in [3.8, 4) is 0 Å². The summed E-state index contributed by atoms with van der Waals surface area (Å²) in [6, 6.07) is 7.84. The number of nitrogens with zero attached hydrogens (tertiary/aromatic N) is 1. The molecular formula is C15H17N3O2S. The largest absolute Gasteiger partial charge is 0.369 e. The van der Waals surface area contributed by atoms with E-state index in [0.29, 0.717) is 5.13 Å². The van der Waals surface area contributed by atoms with E-state index in [2.05, 4.69) is 10.3 Å². The molecule has 0 aliphatic rings. The minimum atomic E-state index is -0.323. The summed E-state index contributed by atoms with van der Waals surface area (Å²) in [5.74, 6) is -0.434.